The van der Waals surface area contributed by atoms with Crippen LogP contribution in [0.25, 0.3) is 6.08 Å². The molecule has 0 aliphatic carbocycles. The minimum absolute atomic E-state index is 0.0709. The summed E-state index contributed by atoms with van der Waals surface area (Å²) in [7, 11) is 0. The third kappa shape index (κ3) is 5.17. The third-order valence-electron chi connectivity index (χ3n) is 4.30. The molecule has 154 valence electrons. The first-order valence-electron chi connectivity index (χ1n) is 8.47. The van der Waals surface area contributed by atoms with Crippen LogP contribution in [0.1, 0.15) is 28.3 Å². The second-order valence-electron chi connectivity index (χ2n) is 6.43. The summed E-state index contributed by atoms with van der Waals surface area (Å²) in [5, 5.41) is 2.72. The Morgan fingerprint density at radius 3 is 2.07 bits per heavy atom. The highest BCUT2D eigenvalue weighted by Gasteiger charge is 2.37. The average Bonchev–Trinajstić information content (AvgIpc) is 2.66. The number of ether oxygens (including phenoxy) is 1. The molecule has 1 amide bonds. The number of nitrogens with one attached hydrogen (secondary N) is 1. The number of carbonyl (C=O) groups is 1. The number of hydrogen-bond donors (Lipinski definition) is 1. The van der Waals surface area contributed by atoms with E-state index in [0.29, 0.717) is 17.7 Å². The van der Waals surface area contributed by atoms with Gasteiger partial charge in [0.1, 0.15) is 12.7 Å². The molecule has 9 heteroatoms. The molecular weight excluding hydrogens is 400 g/mol. The first-order chi connectivity index (χ1) is 13.5. The molecule has 1 saturated heterocycles. The van der Waals surface area contributed by atoms with Crippen molar-refractivity contribution in [1.29, 1.82) is 0 Å². The van der Waals surface area contributed by atoms with Crippen LogP contribution >= 0.6 is 0 Å². The van der Waals surface area contributed by atoms with E-state index in [0.717, 1.165) is 6.08 Å². The lowest BCUT2D eigenvalue weighted by molar-refractivity contribution is -0.143. The molecule has 0 radical (unpaired) electrons. The standard InChI is InChI=1S/C20H15F6NO2/c21-19(22,23)14-8-12(9-15(10-14)20(24,25)26)6-7-16-18(27-17(28)11-29-16)13-4-2-1-3-5-13/h1-10,16,18H,11H2,(H,27,28). The van der Waals surface area contributed by atoms with Crippen LogP contribution < -0.4 is 5.32 Å². The molecule has 3 nitrogen and oxygen atoms in total. The number of alkyl halides is 6. The van der Waals surface area contributed by atoms with Gasteiger partial charge in [0.15, 0.2) is 0 Å². The molecule has 2 aromatic rings. The predicted octanol–water partition coefficient (Wildman–Crippen LogP) is 4.99. The summed E-state index contributed by atoms with van der Waals surface area (Å²) in [6.45, 7) is -0.269. The molecule has 2 atom stereocenters. The Bertz CT molecular complexity index is 873. The van der Waals surface area contributed by atoms with Gasteiger partial charge in [0, 0.05) is 0 Å². The number of hydrogen-bond acceptors (Lipinski definition) is 2. The Labute approximate surface area is 162 Å². The van der Waals surface area contributed by atoms with Crippen LogP contribution in [0.2, 0.25) is 0 Å². The molecule has 0 saturated carbocycles. The van der Waals surface area contributed by atoms with Gasteiger partial charge in [0.05, 0.1) is 17.2 Å². The SMILES string of the molecule is O=C1COC(C=Cc2cc(C(F)(F)F)cc(C(F)(F)F)c2)C(c2ccccc2)N1. The van der Waals surface area contributed by atoms with E-state index in [-0.39, 0.29) is 24.1 Å². The fourth-order valence-corrected chi connectivity index (χ4v) is 2.95. The van der Waals surface area contributed by atoms with Crippen molar-refractivity contribution >= 4 is 12.0 Å². The zero-order valence-electron chi connectivity index (χ0n) is 14.7. The van der Waals surface area contributed by atoms with Gasteiger partial charge in [0.2, 0.25) is 5.91 Å². The largest absolute Gasteiger partial charge is 0.416 e. The van der Waals surface area contributed by atoms with Gasteiger partial charge in [-0.2, -0.15) is 26.3 Å². The zero-order chi connectivity index (χ0) is 21.2. The number of morpholine rings is 1. The minimum Gasteiger partial charge on any atom is -0.362 e. The second kappa shape index (κ2) is 7.90. The van der Waals surface area contributed by atoms with E-state index < -0.39 is 35.6 Å². The molecule has 3 rings (SSSR count). The van der Waals surface area contributed by atoms with E-state index >= 15 is 0 Å². The molecule has 2 aromatic carbocycles. The van der Waals surface area contributed by atoms with E-state index in [4.69, 9.17) is 4.74 Å². The van der Waals surface area contributed by atoms with Crippen LogP contribution in [0, 0.1) is 0 Å². The Balaban J connectivity index is 1.94. The molecule has 1 heterocycles. The number of halogens is 6. The Kier molecular flexibility index (Phi) is 5.70. The van der Waals surface area contributed by atoms with Crippen molar-refractivity contribution in [3.8, 4) is 0 Å². The van der Waals surface area contributed by atoms with Gasteiger partial charge in [0.25, 0.3) is 0 Å². The first-order valence-corrected chi connectivity index (χ1v) is 8.47. The highest BCUT2D eigenvalue weighted by Crippen LogP contribution is 2.36. The topological polar surface area (TPSA) is 38.3 Å². The molecule has 0 bridgehead atoms. The van der Waals surface area contributed by atoms with E-state index in [2.05, 4.69) is 5.32 Å². The second-order valence-corrected chi connectivity index (χ2v) is 6.43. The van der Waals surface area contributed by atoms with Gasteiger partial charge >= 0.3 is 12.4 Å². The summed E-state index contributed by atoms with van der Waals surface area (Å²) in [5.41, 5.74) is -2.39. The highest BCUT2D eigenvalue weighted by molar-refractivity contribution is 5.78. The fraction of sp³-hybridized carbons (Fsp3) is 0.250. The van der Waals surface area contributed by atoms with E-state index in [1.54, 1.807) is 30.3 Å². The van der Waals surface area contributed by atoms with Crippen molar-refractivity contribution < 1.29 is 35.9 Å². The van der Waals surface area contributed by atoms with Crippen molar-refractivity contribution in [1.82, 2.24) is 5.32 Å². The molecule has 1 aliphatic heterocycles. The first kappa shape index (κ1) is 20.9. The summed E-state index contributed by atoms with van der Waals surface area (Å²) in [6.07, 6.45) is -8.15. The fourth-order valence-electron chi connectivity index (χ4n) is 2.95. The predicted molar refractivity (Wildman–Crippen MR) is 92.5 cm³/mol. The van der Waals surface area contributed by atoms with Crippen molar-refractivity contribution in [2.24, 2.45) is 0 Å². The van der Waals surface area contributed by atoms with Crippen LogP contribution in [0.5, 0.6) is 0 Å². The Morgan fingerprint density at radius 2 is 1.52 bits per heavy atom. The van der Waals surface area contributed by atoms with Crippen molar-refractivity contribution in [3.63, 3.8) is 0 Å². The minimum atomic E-state index is -4.92. The van der Waals surface area contributed by atoms with Crippen LogP contribution in [0.3, 0.4) is 0 Å². The van der Waals surface area contributed by atoms with Crippen molar-refractivity contribution in [3.05, 3.63) is 76.9 Å². The molecule has 1 N–H and O–H groups in total. The maximum absolute atomic E-state index is 13.0. The molecule has 1 fully saturated rings. The third-order valence-corrected chi connectivity index (χ3v) is 4.30. The van der Waals surface area contributed by atoms with Gasteiger partial charge < -0.3 is 10.1 Å². The molecule has 0 spiro atoms. The number of rotatable bonds is 3. The van der Waals surface area contributed by atoms with Crippen LogP contribution in [-0.4, -0.2) is 18.6 Å². The van der Waals surface area contributed by atoms with Gasteiger partial charge in [-0.1, -0.05) is 42.5 Å². The Morgan fingerprint density at radius 1 is 0.931 bits per heavy atom. The summed E-state index contributed by atoms with van der Waals surface area (Å²) in [6, 6.07) is 9.40. The quantitative estimate of drug-likeness (QED) is 0.717. The molecule has 2 unspecified atom stereocenters. The van der Waals surface area contributed by atoms with E-state index in [1.807, 2.05) is 0 Å². The maximum atomic E-state index is 13.0. The van der Waals surface area contributed by atoms with Crippen LogP contribution in [0.15, 0.2) is 54.6 Å². The van der Waals surface area contributed by atoms with Gasteiger partial charge in [-0.25, -0.2) is 0 Å². The van der Waals surface area contributed by atoms with Gasteiger partial charge in [-0.15, -0.1) is 0 Å². The summed E-state index contributed by atoms with van der Waals surface area (Å²) in [4.78, 5) is 11.7. The molecular formula is C20H15F6NO2. The molecule has 1 aliphatic rings. The van der Waals surface area contributed by atoms with Crippen LogP contribution in [-0.2, 0) is 21.9 Å². The van der Waals surface area contributed by atoms with Crippen molar-refractivity contribution in [2.75, 3.05) is 6.61 Å². The number of carbonyl (C=O) groups excluding carboxylic acids is 1. The lowest BCUT2D eigenvalue weighted by atomic mass is 9.98. The smallest absolute Gasteiger partial charge is 0.362 e. The summed E-state index contributed by atoms with van der Waals surface area (Å²) >= 11 is 0. The highest BCUT2D eigenvalue weighted by atomic mass is 19.4. The van der Waals surface area contributed by atoms with Gasteiger partial charge in [-0.05, 0) is 29.3 Å². The maximum Gasteiger partial charge on any atom is 0.416 e. The van der Waals surface area contributed by atoms with Crippen LogP contribution in [0.4, 0.5) is 26.3 Å². The number of amides is 1. The zero-order valence-corrected chi connectivity index (χ0v) is 14.7. The number of benzene rings is 2. The van der Waals surface area contributed by atoms with Crippen molar-refractivity contribution in [2.45, 2.75) is 24.5 Å². The normalized spacial score (nSPS) is 20.7. The van der Waals surface area contributed by atoms with E-state index in [9.17, 15) is 31.1 Å². The van der Waals surface area contributed by atoms with E-state index in [1.165, 1.54) is 6.08 Å². The summed E-state index contributed by atoms with van der Waals surface area (Å²) in [5.74, 6) is -0.373. The lowest BCUT2D eigenvalue weighted by Crippen LogP contribution is -2.45. The monoisotopic (exact) mass is 415 g/mol. The summed E-state index contributed by atoms with van der Waals surface area (Å²) < 4.78 is 83.4. The lowest BCUT2D eigenvalue weighted by Gasteiger charge is -2.31. The molecule has 0 aromatic heterocycles. The Hall–Kier alpha value is -2.81. The van der Waals surface area contributed by atoms with Gasteiger partial charge in [-0.3, -0.25) is 4.79 Å². The average molecular weight is 415 g/mol. The molecule has 29 heavy (non-hydrogen) atoms.